The van der Waals surface area contributed by atoms with Crippen LogP contribution in [0.3, 0.4) is 0 Å². The Balaban J connectivity index is 2.27. The number of ether oxygens (including phenoxy) is 1. The number of rotatable bonds is 7. The van der Waals surface area contributed by atoms with Crippen LogP contribution in [0.25, 0.3) is 0 Å². The molecule has 1 saturated carbocycles. The van der Waals surface area contributed by atoms with Crippen molar-refractivity contribution in [2.24, 2.45) is 5.92 Å². The van der Waals surface area contributed by atoms with Gasteiger partial charge in [-0.1, -0.05) is 39.5 Å². The zero-order chi connectivity index (χ0) is 16.8. The highest BCUT2D eigenvalue weighted by Crippen LogP contribution is 2.45. The number of hydrogen-bond acceptors (Lipinski definition) is 2. The lowest BCUT2D eigenvalue weighted by Gasteiger charge is -2.29. The summed E-state index contributed by atoms with van der Waals surface area (Å²) in [6, 6.07) is 4.17. The van der Waals surface area contributed by atoms with E-state index in [9.17, 15) is 5.11 Å². The Morgan fingerprint density at radius 2 is 2.00 bits per heavy atom. The zero-order valence-corrected chi connectivity index (χ0v) is 15.4. The third-order valence-corrected chi connectivity index (χ3v) is 4.96. The van der Waals surface area contributed by atoms with Crippen molar-refractivity contribution in [1.82, 2.24) is 0 Å². The van der Waals surface area contributed by atoms with Gasteiger partial charge < -0.3 is 9.84 Å². The molecule has 1 fully saturated rings. The number of aromatic hydroxyl groups is 1. The van der Waals surface area contributed by atoms with Gasteiger partial charge in [-0.15, -0.1) is 0 Å². The van der Waals surface area contributed by atoms with Crippen LogP contribution in [0.4, 0.5) is 0 Å². The van der Waals surface area contributed by atoms with Crippen molar-refractivity contribution in [1.29, 1.82) is 0 Å². The lowest BCUT2D eigenvalue weighted by Crippen LogP contribution is -2.15. The molecule has 130 valence electrons. The van der Waals surface area contributed by atoms with E-state index in [1.807, 2.05) is 6.07 Å². The number of hydrogen-bond donors (Lipinski definition) is 1. The number of unbranched alkanes of at least 4 members (excludes halogenated alkanes) is 2. The minimum absolute atomic E-state index is 0.139. The number of phenols is 1. The van der Waals surface area contributed by atoms with Gasteiger partial charge in [0.15, 0.2) is 0 Å². The molecule has 1 N–H and O–H groups in total. The van der Waals surface area contributed by atoms with Crippen molar-refractivity contribution >= 4 is 0 Å². The highest BCUT2D eigenvalue weighted by atomic mass is 16.5. The van der Waals surface area contributed by atoms with Gasteiger partial charge in [0.05, 0.1) is 6.10 Å². The third-order valence-electron chi connectivity index (χ3n) is 4.96. The molecule has 0 aromatic heterocycles. The summed E-state index contributed by atoms with van der Waals surface area (Å²) in [6.07, 6.45) is 9.70. The average molecular weight is 319 g/mol. The molecule has 0 radical (unpaired) electrons. The van der Waals surface area contributed by atoms with Crippen molar-refractivity contribution in [3.05, 3.63) is 23.3 Å². The molecule has 0 spiro atoms. The van der Waals surface area contributed by atoms with E-state index in [0.717, 1.165) is 30.1 Å². The molecule has 0 heterocycles. The van der Waals surface area contributed by atoms with E-state index in [2.05, 4.69) is 33.8 Å². The van der Waals surface area contributed by atoms with Crippen molar-refractivity contribution in [2.45, 2.75) is 91.1 Å². The molecule has 1 aromatic rings. The summed E-state index contributed by atoms with van der Waals surface area (Å²) < 4.78 is 6.10. The van der Waals surface area contributed by atoms with E-state index in [0.29, 0.717) is 11.7 Å². The molecule has 1 aromatic carbocycles. The lowest BCUT2D eigenvalue weighted by atomic mass is 9.78. The predicted octanol–water partition coefficient (Wildman–Crippen LogP) is 6.21. The van der Waals surface area contributed by atoms with Crippen molar-refractivity contribution < 1.29 is 9.84 Å². The molecular formula is C21H34O2. The molecule has 2 atom stereocenters. The van der Waals surface area contributed by atoms with Crippen molar-refractivity contribution in [3.8, 4) is 11.5 Å². The maximum absolute atomic E-state index is 10.7. The quantitative estimate of drug-likeness (QED) is 0.606. The van der Waals surface area contributed by atoms with Gasteiger partial charge in [-0.25, -0.2) is 0 Å². The summed E-state index contributed by atoms with van der Waals surface area (Å²) in [5.41, 5.74) is 2.27. The Labute approximate surface area is 142 Å². The fraction of sp³-hybridized carbons (Fsp3) is 0.714. The maximum Gasteiger partial charge on any atom is 0.127 e. The first-order valence-electron chi connectivity index (χ1n) is 9.53. The highest BCUT2D eigenvalue weighted by Gasteiger charge is 2.26. The second kappa shape index (κ2) is 8.61. The Kier molecular flexibility index (Phi) is 6.80. The topological polar surface area (TPSA) is 29.5 Å². The van der Waals surface area contributed by atoms with Gasteiger partial charge in [-0.2, -0.15) is 0 Å². The van der Waals surface area contributed by atoms with E-state index < -0.39 is 0 Å². The molecule has 23 heavy (non-hydrogen) atoms. The normalized spacial score (nSPS) is 21.6. The molecule has 2 nitrogen and oxygen atoms in total. The first-order valence-corrected chi connectivity index (χ1v) is 9.53. The first kappa shape index (κ1) is 18.2. The Morgan fingerprint density at radius 1 is 1.22 bits per heavy atom. The molecular weight excluding hydrogens is 284 g/mol. The molecule has 0 saturated heterocycles. The summed E-state index contributed by atoms with van der Waals surface area (Å²) in [5, 5.41) is 10.7. The smallest absolute Gasteiger partial charge is 0.127 e. The maximum atomic E-state index is 10.7. The Morgan fingerprint density at radius 3 is 2.65 bits per heavy atom. The SMILES string of the molecule is CCCCCc1cc(O)c([C@H]2CCC[C@@H](C)C2)c(OC(C)C)c1. The fourth-order valence-corrected chi connectivity index (χ4v) is 3.85. The Hall–Kier alpha value is -1.18. The molecule has 0 bridgehead atoms. The van der Waals surface area contributed by atoms with Crippen LogP contribution in [0, 0.1) is 5.92 Å². The van der Waals surface area contributed by atoms with Gasteiger partial charge in [-0.05, 0) is 69.1 Å². The molecule has 0 aliphatic heterocycles. The summed E-state index contributed by atoms with van der Waals surface area (Å²) >= 11 is 0. The van der Waals surface area contributed by atoms with Crippen LogP contribution >= 0.6 is 0 Å². The van der Waals surface area contributed by atoms with E-state index in [1.165, 1.54) is 44.1 Å². The van der Waals surface area contributed by atoms with Crippen LogP contribution in [0.5, 0.6) is 11.5 Å². The predicted molar refractivity (Wildman–Crippen MR) is 97.5 cm³/mol. The van der Waals surface area contributed by atoms with Crippen LogP contribution in [-0.2, 0) is 6.42 Å². The third kappa shape index (κ3) is 5.16. The molecule has 2 heteroatoms. The fourth-order valence-electron chi connectivity index (χ4n) is 3.85. The van der Waals surface area contributed by atoms with Crippen LogP contribution in [0.15, 0.2) is 12.1 Å². The average Bonchev–Trinajstić information content (AvgIpc) is 2.46. The van der Waals surface area contributed by atoms with Gasteiger partial charge in [0.1, 0.15) is 11.5 Å². The van der Waals surface area contributed by atoms with Gasteiger partial charge in [-0.3, -0.25) is 0 Å². The van der Waals surface area contributed by atoms with Crippen LogP contribution < -0.4 is 4.74 Å². The molecule has 0 amide bonds. The first-order chi connectivity index (χ1) is 11.0. The lowest BCUT2D eigenvalue weighted by molar-refractivity contribution is 0.232. The second-order valence-electron chi connectivity index (χ2n) is 7.62. The molecule has 1 aliphatic rings. The largest absolute Gasteiger partial charge is 0.508 e. The van der Waals surface area contributed by atoms with Crippen LogP contribution in [0.2, 0.25) is 0 Å². The van der Waals surface area contributed by atoms with Crippen LogP contribution in [0.1, 0.15) is 89.7 Å². The summed E-state index contributed by atoms with van der Waals surface area (Å²) in [7, 11) is 0. The van der Waals surface area contributed by atoms with Crippen molar-refractivity contribution in [2.75, 3.05) is 0 Å². The number of phenolic OH excluding ortho intramolecular Hbond substituents is 1. The van der Waals surface area contributed by atoms with Gasteiger partial charge in [0.2, 0.25) is 0 Å². The van der Waals surface area contributed by atoms with E-state index >= 15 is 0 Å². The summed E-state index contributed by atoms with van der Waals surface area (Å²) in [4.78, 5) is 0. The van der Waals surface area contributed by atoms with E-state index in [4.69, 9.17) is 4.74 Å². The molecule has 0 unspecified atom stereocenters. The number of benzene rings is 1. The standard InChI is InChI=1S/C21H34O2/c1-5-6-7-10-17-13-19(22)21(20(14-17)23-15(2)3)18-11-8-9-16(4)12-18/h13-16,18,22H,5-12H2,1-4H3/t16-,18+/m1/s1. The van der Waals surface area contributed by atoms with Gasteiger partial charge >= 0.3 is 0 Å². The Bertz CT molecular complexity index is 493. The minimum Gasteiger partial charge on any atom is -0.508 e. The van der Waals surface area contributed by atoms with Crippen LogP contribution in [-0.4, -0.2) is 11.2 Å². The van der Waals surface area contributed by atoms with Crippen molar-refractivity contribution in [3.63, 3.8) is 0 Å². The van der Waals surface area contributed by atoms with Gasteiger partial charge in [0.25, 0.3) is 0 Å². The zero-order valence-electron chi connectivity index (χ0n) is 15.4. The van der Waals surface area contributed by atoms with E-state index in [1.54, 1.807) is 0 Å². The summed E-state index contributed by atoms with van der Waals surface area (Å²) in [5.74, 6) is 2.56. The number of aryl methyl sites for hydroxylation is 1. The van der Waals surface area contributed by atoms with E-state index in [-0.39, 0.29) is 6.10 Å². The van der Waals surface area contributed by atoms with Gasteiger partial charge in [0, 0.05) is 5.56 Å². The monoisotopic (exact) mass is 318 g/mol. The second-order valence-corrected chi connectivity index (χ2v) is 7.62. The summed E-state index contributed by atoms with van der Waals surface area (Å²) in [6.45, 7) is 8.67. The molecule has 1 aliphatic carbocycles. The molecule has 2 rings (SSSR count). The highest BCUT2D eigenvalue weighted by molar-refractivity contribution is 5.50. The minimum atomic E-state index is 0.139.